The van der Waals surface area contributed by atoms with Crippen LogP contribution in [0.2, 0.25) is 18.6 Å². The predicted molar refractivity (Wildman–Crippen MR) is 220 cm³/mol. The normalized spacial score (nSPS) is 25.5. The van der Waals surface area contributed by atoms with Crippen molar-refractivity contribution in [2.45, 2.75) is 94.9 Å². The summed E-state index contributed by atoms with van der Waals surface area (Å²) in [5.74, 6) is -0.746. The summed E-state index contributed by atoms with van der Waals surface area (Å²) in [5, 5.41) is 23.1. The number of amides is 3. The summed E-state index contributed by atoms with van der Waals surface area (Å²) in [6.45, 7) is 12.3. The molecule has 1 spiro atoms. The van der Waals surface area contributed by atoms with E-state index < -0.39 is 43.7 Å². The van der Waals surface area contributed by atoms with Gasteiger partial charge in [0.25, 0.3) is 5.91 Å². The molecule has 13 heteroatoms. The molecule has 1 unspecified atom stereocenters. The number of aliphatic hydroxyl groups excluding tert-OH is 2. The van der Waals surface area contributed by atoms with Crippen molar-refractivity contribution < 1.29 is 38.2 Å². The molecule has 4 heterocycles. The monoisotopic (exact) mass is 798 g/mol. The van der Waals surface area contributed by atoms with E-state index in [4.69, 9.17) is 9.47 Å². The summed E-state index contributed by atoms with van der Waals surface area (Å²) in [6.07, 6.45) is 2.84. The van der Waals surface area contributed by atoms with Crippen LogP contribution >= 0.6 is 0 Å². The number of rotatable bonds is 14. The lowest BCUT2D eigenvalue weighted by atomic mass is 9.82. The predicted octanol–water partition coefficient (Wildman–Crippen LogP) is 5.68. The smallest absolute Gasteiger partial charge is 0.264 e. The Hall–Kier alpha value is -4.40. The van der Waals surface area contributed by atoms with Crippen molar-refractivity contribution in [2.75, 3.05) is 42.7 Å². The molecule has 3 aromatic rings. The molecule has 0 aliphatic carbocycles. The Kier molecular flexibility index (Phi) is 11.8. The molecular formula is C44H55FN4O7Si. The van der Waals surface area contributed by atoms with Gasteiger partial charge in [0.2, 0.25) is 20.2 Å². The summed E-state index contributed by atoms with van der Waals surface area (Å²) >= 11 is 0. The van der Waals surface area contributed by atoms with Crippen molar-refractivity contribution in [1.82, 2.24) is 10.2 Å². The van der Waals surface area contributed by atoms with E-state index >= 15 is 4.11 Å². The van der Waals surface area contributed by atoms with Crippen LogP contribution in [0.1, 0.15) is 55.4 Å². The van der Waals surface area contributed by atoms with Crippen LogP contribution in [-0.2, 0) is 44.1 Å². The number of halogens is 1. The van der Waals surface area contributed by atoms with Crippen molar-refractivity contribution in [1.29, 1.82) is 0 Å². The standard InChI is InChI=1S/C44H55FN4O7Si/c1-6-19-47-38-16-14-32(49-37-17-15-34(55-7-2)22-31(37)23-36(42(49)53)46-18-10-11-20-50)24-35(38)44(43(47)54)28(3)41(57(4,5)45)39(56-44)25-40(52)48-26-30-13-9-8-12-29(30)21-33(48)27-51/h6,8-9,12-17,22,24,28,33,36,39,41,46,50-51H,1,7,10-11,18-21,23,25-27H2,2-5H3/t28-,33-,36?,39+,41-,44+/m0/s1. The molecule has 0 radical (unpaired) electrons. The number of hydrogen-bond donors (Lipinski definition) is 3. The number of ether oxygens (including phenoxy) is 2. The molecule has 4 aliphatic rings. The van der Waals surface area contributed by atoms with Crippen LogP contribution in [-0.4, -0.2) is 92.3 Å². The Labute approximate surface area is 335 Å². The molecule has 1 fully saturated rings. The number of nitrogens with one attached hydrogen (secondary N) is 1. The van der Waals surface area contributed by atoms with Gasteiger partial charge in [-0.3, -0.25) is 19.3 Å². The first kappa shape index (κ1) is 40.8. The molecule has 0 aromatic heterocycles. The van der Waals surface area contributed by atoms with Crippen molar-refractivity contribution in [3.8, 4) is 5.75 Å². The highest BCUT2D eigenvalue weighted by atomic mass is 28.4. The van der Waals surface area contributed by atoms with Gasteiger partial charge in [0.1, 0.15) is 5.75 Å². The first-order valence-electron chi connectivity index (χ1n) is 20.2. The highest BCUT2D eigenvalue weighted by Gasteiger charge is 2.67. The maximum absolute atomic E-state index is 16.7. The SMILES string of the molecule is C=CCN1C(=O)[C@]2(O[C@H](CC(=O)N3Cc4ccccc4C[C@H]3CO)[C@@H]([Si](C)(C)F)[C@@H]2C)c2cc(N3C(=O)C(NCCCCO)Cc4cc(OCC)ccc43)ccc21. The van der Waals surface area contributed by atoms with Gasteiger partial charge >= 0.3 is 0 Å². The molecule has 57 heavy (non-hydrogen) atoms. The topological polar surface area (TPSA) is 132 Å². The number of nitrogens with zero attached hydrogens (tertiary/aromatic N) is 3. The van der Waals surface area contributed by atoms with Gasteiger partial charge in [-0.05, 0) is 105 Å². The molecule has 3 aromatic carbocycles. The fraction of sp³-hybridized carbons (Fsp3) is 0.477. The molecule has 7 rings (SSSR count). The lowest BCUT2D eigenvalue weighted by Crippen LogP contribution is -2.49. The summed E-state index contributed by atoms with van der Waals surface area (Å²) < 4.78 is 29.5. The number of aliphatic hydroxyl groups is 2. The van der Waals surface area contributed by atoms with Crippen molar-refractivity contribution in [3.05, 3.63) is 95.6 Å². The van der Waals surface area contributed by atoms with Crippen LogP contribution in [0.4, 0.5) is 21.2 Å². The molecule has 3 amide bonds. The molecule has 0 saturated carbocycles. The largest absolute Gasteiger partial charge is 0.494 e. The van der Waals surface area contributed by atoms with Crippen LogP contribution in [0.15, 0.2) is 73.3 Å². The molecular weight excluding hydrogens is 744 g/mol. The third-order valence-corrected chi connectivity index (χ3v) is 14.8. The minimum Gasteiger partial charge on any atom is -0.494 e. The van der Waals surface area contributed by atoms with Crippen LogP contribution < -0.4 is 19.9 Å². The minimum atomic E-state index is -3.62. The van der Waals surface area contributed by atoms with E-state index in [0.29, 0.717) is 73.8 Å². The Balaban J connectivity index is 1.28. The molecule has 0 bridgehead atoms. The van der Waals surface area contributed by atoms with Crippen molar-refractivity contribution in [2.24, 2.45) is 5.92 Å². The maximum Gasteiger partial charge on any atom is 0.264 e. The zero-order valence-corrected chi connectivity index (χ0v) is 34.4. The van der Waals surface area contributed by atoms with Crippen LogP contribution in [0.3, 0.4) is 0 Å². The summed E-state index contributed by atoms with van der Waals surface area (Å²) in [5.41, 5.74) is 2.97. The van der Waals surface area contributed by atoms with Gasteiger partial charge < -0.3 is 38.9 Å². The second kappa shape index (κ2) is 16.5. The Morgan fingerprint density at radius 2 is 1.81 bits per heavy atom. The number of benzene rings is 3. The van der Waals surface area contributed by atoms with Gasteiger partial charge in [-0.15, -0.1) is 6.58 Å². The first-order valence-corrected chi connectivity index (χ1v) is 23.2. The lowest BCUT2D eigenvalue weighted by molar-refractivity contribution is -0.150. The summed E-state index contributed by atoms with van der Waals surface area (Å²) in [7, 11) is -3.62. The van der Waals surface area contributed by atoms with Crippen LogP contribution in [0.5, 0.6) is 5.75 Å². The van der Waals surface area contributed by atoms with Crippen LogP contribution in [0.25, 0.3) is 0 Å². The Morgan fingerprint density at radius 3 is 2.51 bits per heavy atom. The van der Waals surface area contributed by atoms with Gasteiger partial charge in [-0.1, -0.05) is 37.3 Å². The number of unbranched alkanes of at least 4 members (excludes halogenated alkanes) is 1. The lowest BCUT2D eigenvalue weighted by Gasteiger charge is -2.37. The number of anilines is 3. The second-order valence-corrected chi connectivity index (χ2v) is 20.0. The minimum absolute atomic E-state index is 0.0693. The van der Waals surface area contributed by atoms with E-state index in [0.717, 1.165) is 16.7 Å². The molecule has 11 nitrogen and oxygen atoms in total. The van der Waals surface area contributed by atoms with E-state index in [1.165, 1.54) is 0 Å². The van der Waals surface area contributed by atoms with E-state index in [1.807, 2.05) is 74.5 Å². The third-order valence-electron chi connectivity index (χ3n) is 12.3. The maximum atomic E-state index is 16.7. The summed E-state index contributed by atoms with van der Waals surface area (Å²) in [4.78, 5) is 48.6. The van der Waals surface area contributed by atoms with E-state index in [9.17, 15) is 24.6 Å². The van der Waals surface area contributed by atoms with Crippen molar-refractivity contribution in [3.63, 3.8) is 0 Å². The van der Waals surface area contributed by atoms with Gasteiger partial charge in [-0.25, -0.2) is 0 Å². The molecule has 1 saturated heterocycles. The fourth-order valence-corrected chi connectivity index (χ4v) is 12.2. The quantitative estimate of drug-likeness (QED) is 0.0823. The van der Waals surface area contributed by atoms with E-state index in [1.54, 1.807) is 33.9 Å². The average Bonchev–Trinajstić information content (AvgIpc) is 3.61. The van der Waals surface area contributed by atoms with Gasteiger partial charge in [0.15, 0.2) is 5.60 Å². The molecule has 304 valence electrons. The van der Waals surface area contributed by atoms with Gasteiger partial charge in [0.05, 0.1) is 49.2 Å². The number of fused-ring (bicyclic) bond motifs is 4. The van der Waals surface area contributed by atoms with Gasteiger partial charge in [-0.2, -0.15) is 0 Å². The van der Waals surface area contributed by atoms with E-state index in [2.05, 4.69) is 11.9 Å². The first-order chi connectivity index (χ1) is 27.4. The highest BCUT2D eigenvalue weighted by Crippen LogP contribution is 2.61. The average molecular weight is 799 g/mol. The van der Waals surface area contributed by atoms with E-state index in [-0.39, 0.29) is 43.9 Å². The fourth-order valence-electron chi connectivity index (χ4n) is 9.74. The zero-order chi connectivity index (χ0) is 40.6. The zero-order valence-electron chi connectivity index (χ0n) is 33.4. The van der Waals surface area contributed by atoms with Crippen molar-refractivity contribution >= 4 is 43.2 Å². The second-order valence-electron chi connectivity index (χ2n) is 16.3. The third kappa shape index (κ3) is 7.33. The number of carbonyl (C=O) groups is 3. The Bertz CT molecular complexity index is 2020. The number of hydrogen-bond acceptors (Lipinski definition) is 8. The molecule has 6 atom stereocenters. The molecule has 3 N–H and O–H groups in total. The Morgan fingerprint density at radius 1 is 1.05 bits per heavy atom. The van der Waals surface area contributed by atoms with Crippen LogP contribution in [0, 0.1) is 5.92 Å². The summed E-state index contributed by atoms with van der Waals surface area (Å²) in [6, 6.07) is 18.0. The van der Waals surface area contributed by atoms with Gasteiger partial charge in [0, 0.05) is 42.4 Å². The molecule has 4 aliphatic heterocycles. The highest BCUT2D eigenvalue weighted by molar-refractivity contribution is 6.72. The number of carbonyl (C=O) groups excluding carboxylic acids is 3.